The molecular formula is C22H21ClN4O5. The molecule has 9 nitrogen and oxygen atoms in total. The highest BCUT2D eigenvalue weighted by molar-refractivity contribution is 6.30. The van der Waals surface area contributed by atoms with Gasteiger partial charge >= 0.3 is 5.97 Å². The molecule has 3 aromatic rings. The quantitative estimate of drug-likeness (QED) is 0.287. The van der Waals surface area contributed by atoms with Gasteiger partial charge in [-0.1, -0.05) is 48.0 Å². The number of rotatable bonds is 9. The lowest BCUT2D eigenvalue weighted by Gasteiger charge is -2.24. The van der Waals surface area contributed by atoms with E-state index in [-0.39, 0.29) is 30.3 Å². The van der Waals surface area contributed by atoms with E-state index in [2.05, 4.69) is 15.6 Å². The minimum absolute atomic E-state index is 0.0290. The Hall–Kier alpha value is -3.53. The summed E-state index contributed by atoms with van der Waals surface area (Å²) in [7, 11) is 0. The summed E-state index contributed by atoms with van der Waals surface area (Å²) in [5, 5.41) is 26.9. The lowest BCUT2D eigenvalue weighted by Crippen LogP contribution is -2.47. The number of aliphatic hydroxyl groups is 1. The van der Waals surface area contributed by atoms with Crippen molar-refractivity contribution in [3.05, 3.63) is 76.6 Å². The fourth-order valence-corrected chi connectivity index (χ4v) is 3.14. The van der Waals surface area contributed by atoms with E-state index in [1.165, 1.54) is 18.0 Å². The van der Waals surface area contributed by atoms with Gasteiger partial charge in [-0.2, -0.15) is 5.10 Å². The molecule has 0 aliphatic heterocycles. The van der Waals surface area contributed by atoms with E-state index in [1.807, 2.05) is 42.5 Å². The SMILES string of the molecule is CC(=O)c1cc(C(=O)NN(Cc2ccc(-c3cccc(Cl)c3)cc2)CC(O)C(=O)O)[nH]n1. The van der Waals surface area contributed by atoms with Crippen LogP contribution in [0.3, 0.4) is 0 Å². The molecule has 3 rings (SSSR count). The van der Waals surface area contributed by atoms with E-state index >= 15 is 0 Å². The van der Waals surface area contributed by atoms with Crippen LogP contribution in [0, 0.1) is 0 Å². The van der Waals surface area contributed by atoms with Gasteiger partial charge in [-0.05, 0) is 34.9 Å². The van der Waals surface area contributed by atoms with Gasteiger partial charge < -0.3 is 10.2 Å². The molecule has 0 radical (unpaired) electrons. The van der Waals surface area contributed by atoms with Crippen molar-refractivity contribution in [1.29, 1.82) is 0 Å². The van der Waals surface area contributed by atoms with Crippen LogP contribution in [0.25, 0.3) is 11.1 Å². The summed E-state index contributed by atoms with van der Waals surface area (Å²) >= 11 is 6.04. The Kier molecular flexibility index (Phi) is 7.37. The number of hydrogen-bond donors (Lipinski definition) is 4. The van der Waals surface area contributed by atoms with Gasteiger partial charge in [0.05, 0.1) is 6.54 Å². The summed E-state index contributed by atoms with van der Waals surface area (Å²) in [5.74, 6) is -2.35. The first-order valence-corrected chi connectivity index (χ1v) is 9.98. The molecule has 0 bridgehead atoms. The number of hydrogen-bond acceptors (Lipinski definition) is 6. The van der Waals surface area contributed by atoms with Gasteiger partial charge in [-0.25, -0.2) is 9.80 Å². The molecule has 4 N–H and O–H groups in total. The molecule has 0 spiro atoms. The minimum atomic E-state index is -1.71. The number of halogens is 1. The van der Waals surface area contributed by atoms with Crippen molar-refractivity contribution in [2.24, 2.45) is 0 Å². The third kappa shape index (κ3) is 6.01. The molecule has 1 atom stereocenters. The zero-order valence-electron chi connectivity index (χ0n) is 17.1. The number of aromatic nitrogens is 2. The lowest BCUT2D eigenvalue weighted by molar-refractivity contribution is -0.148. The van der Waals surface area contributed by atoms with Crippen LogP contribution in [-0.2, 0) is 11.3 Å². The summed E-state index contributed by atoms with van der Waals surface area (Å²) in [4.78, 5) is 35.0. The number of nitrogens with one attached hydrogen (secondary N) is 2. The maximum Gasteiger partial charge on any atom is 0.333 e. The maximum atomic E-state index is 12.5. The molecule has 1 aromatic heterocycles. The molecule has 166 valence electrons. The number of ketones is 1. The van der Waals surface area contributed by atoms with Crippen LogP contribution in [0.5, 0.6) is 0 Å². The minimum Gasteiger partial charge on any atom is -0.479 e. The standard InChI is InChI=1S/C22H21ClN4O5/c1-13(28)18-10-19(25-24-18)21(30)26-27(12-20(29)22(31)32)11-14-5-7-15(8-6-14)16-3-2-4-17(23)9-16/h2-10,20,29H,11-12H2,1H3,(H,24,25)(H,26,30)(H,31,32). The van der Waals surface area contributed by atoms with Gasteiger partial charge in [-0.15, -0.1) is 0 Å². The van der Waals surface area contributed by atoms with Crippen LogP contribution < -0.4 is 5.43 Å². The van der Waals surface area contributed by atoms with Gasteiger partial charge in [0.1, 0.15) is 11.4 Å². The van der Waals surface area contributed by atoms with Crippen molar-refractivity contribution in [2.45, 2.75) is 19.6 Å². The van der Waals surface area contributed by atoms with Gasteiger partial charge in [0.2, 0.25) is 0 Å². The highest BCUT2D eigenvalue weighted by atomic mass is 35.5. The summed E-state index contributed by atoms with van der Waals surface area (Å²) < 4.78 is 0. The predicted molar refractivity (Wildman–Crippen MR) is 117 cm³/mol. The van der Waals surface area contributed by atoms with Gasteiger partial charge in [0.25, 0.3) is 5.91 Å². The zero-order chi connectivity index (χ0) is 23.3. The van der Waals surface area contributed by atoms with Crippen molar-refractivity contribution in [1.82, 2.24) is 20.6 Å². The number of Topliss-reactive ketones (excluding diaryl/α,β-unsaturated/α-hetero) is 1. The molecule has 10 heteroatoms. The topological polar surface area (TPSA) is 136 Å². The molecule has 1 amide bonds. The van der Waals surface area contributed by atoms with Crippen molar-refractivity contribution >= 4 is 29.3 Å². The summed E-state index contributed by atoms with van der Waals surface area (Å²) in [6, 6.07) is 16.1. The zero-order valence-corrected chi connectivity index (χ0v) is 17.8. The van der Waals surface area contributed by atoms with Crippen LogP contribution in [0.2, 0.25) is 5.02 Å². The molecule has 0 saturated heterocycles. The molecule has 0 saturated carbocycles. The van der Waals surface area contributed by atoms with E-state index in [0.717, 1.165) is 16.7 Å². The van der Waals surface area contributed by atoms with E-state index in [4.69, 9.17) is 16.7 Å². The largest absolute Gasteiger partial charge is 0.479 e. The van der Waals surface area contributed by atoms with E-state index in [9.17, 15) is 19.5 Å². The number of aliphatic carboxylic acids is 1. The summed E-state index contributed by atoms with van der Waals surface area (Å²) in [5.41, 5.74) is 5.32. The number of H-pyrrole nitrogens is 1. The molecule has 2 aromatic carbocycles. The number of hydrazine groups is 1. The Labute approximate surface area is 188 Å². The number of aliphatic hydroxyl groups excluding tert-OH is 1. The Bertz CT molecular complexity index is 1130. The number of carbonyl (C=O) groups is 3. The fourth-order valence-electron chi connectivity index (χ4n) is 2.95. The second kappa shape index (κ2) is 10.2. The Morgan fingerprint density at radius 2 is 1.84 bits per heavy atom. The van der Waals surface area contributed by atoms with E-state index in [1.54, 1.807) is 6.07 Å². The number of benzene rings is 2. The normalized spacial score (nSPS) is 11.9. The van der Waals surface area contributed by atoms with Crippen LogP contribution in [-0.4, -0.2) is 55.7 Å². The highest BCUT2D eigenvalue weighted by Gasteiger charge is 2.21. The molecule has 0 fully saturated rings. The van der Waals surface area contributed by atoms with Crippen molar-refractivity contribution in [3.8, 4) is 11.1 Å². The number of nitrogens with zero attached hydrogens (tertiary/aromatic N) is 2. The van der Waals surface area contributed by atoms with Crippen LogP contribution in [0.4, 0.5) is 0 Å². The first-order chi connectivity index (χ1) is 15.2. The first-order valence-electron chi connectivity index (χ1n) is 9.61. The summed E-state index contributed by atoms with van der Waals surface area (Å²) in [6.45, 7) is 1.09. The number of carboxylic acid groups (broad SMARTS) is 1. The average Bonchev–Trinajstić information content (AvgIpc) is 3.25. The van der Waals surface area contributed by atoms with E-state index in [0.29, 0.717) is 5.02 Å². The Morgan fingerprint density at radius 3 is 2.44 bits per heavy atom. The van der Waals surface area contributed by atoms with Gasteiger partial charge in [-0.3, -0.25) is 20.1 Å². The third-order valence-electron chi connectivity index (χ3n) is 4.61. The molecular weight excluding hydrogens is 436 g/mol. The monoisotopic (exact) mass is 456 g/mol. The van der Waals surface area contributed by atoms with Crippen molar-refractivity contribution < 1.29 is 24.6 Å². The van der Waals surface area contributed by atoms with Gasteiger partial charge in [0, 0.05) is 18.5 Å². The van der Waals surface area contributed by atoms with Crippen LogP contribution >= 0.6 is 11.6 Å². The molecule has 0 aliphatic rings. The number of amides is 1. The lowest BCUT2D eigenvalue weighted by atomic mass is 10.0. The van der Waals surface area contributed by atoms with Crippen LogP contribution in [0.1, 0.15) is 33.5 Å². The van der Waals surface area contributed by atoms with E-state index < -0.39 is 18.0 Å². The average molecular weight is 457 g/mol. The first kappa shape index (κ1) is 23.1. The van der Waals surface area contributed by atoms with Crippen molar-refractivity contribution in [2.75, 3.05) is 6.54 Å². The van der Waals surface area contributed by atoms with Crippen molar-refractivity contribution in [3.63, 3.8) is 0 Å². The number of carbonyl (C=O) groups excluding carboxylic acids is 2. The second-order valence-corrected chi connectivity index (χ2v) is 7.54. The maximum absolute atomic E-state index is 12.5. The highest BCUT2D eigenvalue weighted by Crippen LogP contribution is 2.23. The predicted octanol–water partition coefficient (Wildman–Crippen LogP) is 2.53. The molecule has 32 heavy (non-hydrogen) atoms. The molecule has 1 heterocycles. The molecule has 0 aliphatic carbocycles. The van der Waals surface area contributed by atoms with Crippen LogP contribution in [0.15, 0.2) is 54.6 Å². The number of carboxylic acids is 1. The summed E-state index contributed by atoms with van der Waals surface area (Å²) in [6.07, 6.45) is -1.71. The Balaban J connectivity index is 1.75. The van der Waals surface area contributed by atoms with Gasteiger partial charge in [0.15, 0.2) is 11.9 Å². The molecule has 1 unspecified atom stereocenters. The number of aromatic amines is 1. The third-order valence-corrected chi connectivity index (χ3v) is 4.84. The smallest absolute Gasteiger partial charge is 0.333 e. The second-order valence-electron chi connectivity index (χ2n) is 7.11. The fraction of sp³-hybridized carbons (Fsp3) is 0.182. The Morgan fingerprint density at radius 1 is 1.12 bits per heavy atom.